The Hall–Kier alpha value is -4.10. The summed E-state index contributed by atoms with van der Waals surface area (Å²) in [6.07, 6.45) is 0. The molecule has 1 aliphatic heterocycles. The Kier molecular flexibility index (Phi) is 5.72. The number of anilines is 3. The highest BCUT2D eigenvalue weighted by Crippen LogP contribution is 2.51. The lowest BCUT2D eigenvalue weighted by Crippen LogP contribution is -2.30. The van der Waals surface area contributed by atoms with Gasteiger partial charge in [-0.3, -0.25) is 0 Å². The largest absolute Gasteiger partial charge is 0.310 e. The first-order chi connectivity index (χ1) is 18.0. The van der Waals surface area contributed by atoms with E-state index in [-0.39, 0.29) is 11.3 Å². The van der Waals surface area contributed by atoms with Gasteiger partial charge in [0.2, 0.25) is 0 Å². The van der Waals surface area contributed by atoms with Crippen molar-refractivity contribution in [2.75, 3.05) is 4.90 Å². The van der Waals surface area contributed by atoms with E-state index in [1.807, 2.05) is 0 Å². The molecule has 0 spiro atoms. The number of nitrogens with zero attached hydrogens (tertiary/aromatic N) is 1. The number of hydrogen-bond donors (Lipinski definition) is 0. The van der Waals surface area contributed by atoms with Crippen molar-refractivity contribution < 1.29 is 0 Å². The zero-order valence-electron chi connectivity index (χ0n) is 22.1. The lowest BCUT2D eigenvalue weighted by atomic mass is 9.73. The Balaban J connectivity index is 1.49. The molecule has 0 unspecified atom stereocenters. The highest BCUT2D eigenvalue weighted by molar-refractivity contribution is 5.85. The van der Waals surface area contributed by atoms with E-state index in [1.165, 1.54) is 56.0 Å². The molecule has 0 saturated carbocycles. The Morgan fingerprint density at radius 3 is 1.43 bits per heavy atom. The second-order valence-corrected chi connectivity index (χ2v) is 10.7. The van der Waals surface area contributed by atoms with E-state index in [4.69, 9.17) is 0 Å². The Bertz CT molecular complexity index is 1480. The summed E-state index contributed by atoms with van der Waals surface area (Å²) >= 11 is 0. The molecule has 6 rings (SSSR count). The maximum atomic E-state index is 2.43. The van der Waals surface area contributed by atoms with Crippen LogP contribution in [0.4, 0.5) is 17.1 Å². The van der Waals surface area contributed by atoms with E-state index in [2.05, 4.69) is 154 Å². The molecule has 0 radical (unpaired) electrons. The van der Waals surface area contributed by atoms with Crippen molar-refractivity contribution in [2.45, 2.75) is 39.0 Å². The van der Waals surface area contributed by atoms with Crippen LogP contribution in [-0.4, -0.2) is 0 Å². The van der Waals surface area contributed by atoms with Crippen LogP contribution in [0.15, 0.2) is 121 Å². The van der Waals surface area contributed by atoms with Gasteiger partial charge in [-0.1, -0.05) is 111 Å². The third-order valence-corrected chi connectivity index (χ3v) is 8.12. The van der Waals surface area contributed by atoms with Crippen molar-refractivity contribution in [2.24, 2.45) is 0 Å². The molecule has 0 N–H and O–H groups in total. The van der Waals surface area contributed by atoms with Gasteiger partial charge in [0.25, 0.3) is 0 Å². The van der Waals surface area contributed by atoms with Gasteiger partial charge in [0, 0.05) is 17.0 Å². The maximum absolute atomic E-state index is 2.43. The van der Waals surface area contributed by atoms with Gasteiger partial charge in [-0.2, -0.15) is 0 Å². The zero-order chi connectivity index (χ0) is 25.6. The molecule has 0 atom stereocenters. The molecule has 0 aromatic heterocycles. The minimum atomic E-state index is -0.0512. The van der Waals surface area contributed by atoms with Crippen molar-refractivity contribution in [3.8, 4) is 0 Å². The molecule has 1 heterocycles. The van der Waals surface area contributed by atoms with E-state index in [1.54, 1.807) is 0 Å². The van der Waals surface area contributed by atoms with E-state index in [9.17, 15) is 0 Å². The third kappa shape index (κ3) is 3.86. The van der Waals surface area contributed by atoms with E-state index in [0.29, 0.717) is 0 Å². The second kappa shape index (κ2) is 9.09. The molecule has 5 aromatic carbocycles. The van der Waals surface area contributed by atoms with Crippen LogP contribution in [-0.2, 0) is 5.41 Å². The van der Waals surface area contributed by atoms with Gasteiger partial charge in [-0.05, 0) is 77.1 Å². The van der Waals surface area contributed by atoms with Gasteiger partial charge < -0.3 is 4.90 Å². The van der Waals surface area contributed by atoms with Gasteiger partial charge in [-0.25, -0.2) is 0 Å². The van der Waals surface area contributed by atoms with Crippen molar-refractivity contribution in [1.82, 2.24) is 0 Å². The zero-order valence-corrected chi connectivity index (χ0v) is 22.1. The molecule has 0 bridgehead atoms. The van der Waals surface area contributed by atoms with Crippen molar-refractivity contribution >= 4 is 17.1 Å². The number of benzene rings is 5. The van der Waals surface area contributed by atoms with Gasteiger partial charge in [-0.15, -0.1) is 0 Å². The van der Waals surface area contributed by atoms with Crippen LogP contribution in [0.2, 0.25) is 0 Å². The predicted octanol–water partition coefficient (Wildman–Crippen LogP) is 9.59. The summed E-state index contributed by atoms with van der Waals surface area (Å²) in [6, 6.07) is 44.5. The number of aryl methyl sites for hydroxylation is 2. The SMILES string of the molecule is Cc1ccccc1C(c1ccc(N2c3ccccc3C(C)(C)c3ccccc32)cc1)c1ccccc1C. The quantitative estimate of drug-likeness (QED) is 0.232. The summed E-state index contributed by atoms with van der Waals surface area (Å²) in [7, 11) is 0. The van der Waals surface area contributed by atoms with E-state index in [0.717, 1.165) is 0 Å². The highest BCUT2D eigenvalue weighted by atomic mass is 15.2. The van der Waals surface area contributed by atoms with Crippen molar-refractivity contribution in [1.29, 1.82) is 0 Å². The predicted molar refractivity (Wildman–Crippen MR) is 157 cm³/mol. The maximum Gasteiger partial charge on any atom is 0.0502 e. The first-order valence-corrected chi connectivity index (χ1v) is 13.2. The van der Waals surface area contributed by atoms with Crippen LogP contribution in [0, 0.1) is 13.8 Å². The van der Waals surface area contributed by atoms with Gasteiger partial charge in [0.15, 0.2) is 0 Å². The lowest BCUT2D eigenvalue weighted by molar-refractivity contribution is 0.632. The highest BCUT2D eigenvalue weighted by Gasteiger charge is 2.36. The first-order valence-electron chi connectivity index (χ1n) is 13.2. The summed E-state index contributed by atoms with van der Waals surface area (Å²) in [5, 5.41) is 0. The lowest BCUT2D eigenvalue weighted by Gasteiger charge is -2.42. The fourth-order valence-electron chi connectivity index (χ4n) is 6.11. The van der Waals surface area contributed by atoms with E-state index >= 15 is 0 Å². The Labute approximate surface area is 221 Å². The molecule has 0 amide bonds. The van der Waals surface area contributed by atoms with Crippen LogP contribution < -0.4 is 4.90 Å². The third-order valence-electron chi connectivity index (χ3n) is 8.12. The van der Waals surface area contributed by atoms with Crippen LogP contribution in [0.5, 0.6) is 0 Å². The Morgan fingerprint density at radius 1 is 0.514 bits per heavy atom. The van der Waals surface area contributed by atoms with Gasteiger partial charge in [0.05, 0.1) is 11.4 Å². The smallest absolute Gasteiger partial charge is 0.0502 e. The van der Waals surface area contributed by atoms with E-state index < -0.39 is 0 Å². The summed E-state index contributed by atoms with van der Waals surface area (Å²) < 4.78 is 0. The van der Waals surface area contributed by atoms with Crippen molar-refractivity contribution in [3.05, 3.63) is 160 Å². The van der Waals surface area contributed by atoms with Crippen molar-refractivity contribution in [3.63, 3.8) is 0 Å². The molecule has 0 aliphatic carbocycles. The molecule has 1 nitrogen and oxygen atoms in total. The summed E-state index contributed by atoms with van der Waals surface area (Å²) in [5.74, 6) is 0.191. The minimum Gasteiger partial charge on any atom is -0.310 e. The Morgan fingerprint density at radius 2 is 0.946 bits per heavy atom. The number of fused-ring (bicyclic) bond motifs is 2. The van der Waals surface area contributed by atoms with Crippen LogP contribution in [0.25, 0.3) is 0 Å². The monoisotopic (exact) mass is 479 g/mol. The molecular formula is C36H33N. The number of rotatable bonds is 4. The minimum absolute atomic E-state index is 0.0512. The van der Waals surface area contributed by atoms with Gasteiger partial charge in [0.1, 0.15) is 0 Å². The topological polar surface area (TPSA) is 3.24 Å². The summed E-state index contributed by atoms with van der Waals surface area (Å²) in [4.78, 5) is 2.43. The van der Waals surface area contributed by atoms with Gasteiger partial charge >= 0.3 is 0 Å². The number of hydrogen-bond acceptors (Lipinski definition) is 1. The number of para-hydroxylation sites is 2. The molecule has 5 aromatic rings. The summed E-state index contributed by atoms with van der Waals surface area (Å²) in [5.41, 5.74) is 13.0. The summed E-state index contributed by atoms with van der Waals surface area (Å²) in [6.45, 7) is 9.11. The van der Waals surface area contributed by atoms with Crippen LogP contribution in [0.3, 0.4) is 0 Å². The fourth-order valence-corrected chi connectivity index (χ4v) is 6.11. The molecular weight excluding hydrogens is 446 g/mol. The molecule has 1 heteroatoms. The van der Waals surface area contributed by atoms with Crippen LogP contribution >= 0.6 is 0 Å². The molecule has 1 aliphatic rings. The average molecular weight is 480 g/mol. The second-order valence-electron chi connectivity index (χ2n) is 10.7. The molecule has 182 valence electrons. The standard InChI is InChI=1S/C36H33N/c1-25-13-5-7-15-29(25)35(30-16-8-6-14-26(30)2)27-21-23-28(24-22-27)37-33-19-11-9-17-31(33)36(3,4)32-18-10-12-20-34(32)37/h5-24,35H,1-4H3. The molecule has 0 fully saturated rings. The fraction of sp³-hybridized carbons (Fsp3) is 0.167. The molecule has 37 heavy (non-hydrogen) atoms. The molecule has 0 saturated heterocycles. The first kappa shape index (κ1) is 23.3. The normalized spacial score (nSPS) is 13.8. The van der Waals surface area contributed by atoms with Crippen LogP contribution in [0.1, 0.15) is 58.7 Å². The average Bonchev–Trinajstić information content (AvgIpc) is 2.92.